The first-order chi connectivity index (χ1) is 9.55. The molecule has 3 fully saturated rings. The summed E-state index contributed by atoms with van der Waals surface area (Å²) in [4.78, 5) is 27.3. The lowest BCUT2D eigenvalue weighted by Gasteiger charge is -2.45. The van der Waals surface area contributed by atoms with Crippen LogP contribution in [0.25, 0.3) is 0 Å². The molecule has 0 aromatic rings. The van der Waals surface area contributed by atoms with Gasteiger partial charge in [0.2, 0.25) is 11.8 Å². The standard InChI is InChI=1S/C16H26N2O2/c1-3-16(2)15(20)18(10-11-6-4-5-7-11)13(12-8-9-12)14(19)17-16/h11-13H,3-10H2,1-2H3,(H,17,19). The molecular formula is C16H26N2O2. The number of carbonyl (C=O) groups excluding carboxylic acids is 2. The van der Waals surface area contributed by atoms with E-state index in [0.717, 1.165) is 19.4 Å². The van der Waals surface area contributed by atoms with Crippen LogP contribution < -0.4 is 5.32 Å². The molecule has 0 aromatic carbocycles. The van der Waals surface area contributed by atoms with Crippen molar-refractivity contribution >= 4 is 11.8 Å². The zero-order valence-electron chi connectivity index (χ0n) is 12.7. The van der Waals surface area contributed by atoms with Crippen molar-refractivity contribution in [3.8, 4) is 0 Å². The topological polar surface area (TPSA) is 49.4 Å². The Kier molecular flexibility index (Phi) is 3.51. The van der Waals surface area contributed by atoms with Crippen LogP contribution in [0.4, 0.5) is 0 Å². The normalized spacial score (nSPS) is 35.5. The number of hydrogen-bond donors (Lipinski definition) is 1. The van der Waals surface area contributed by atoms with Gasteiger partial charge in [-0.3, -0.25) is 9.59 Å². The summed E-state index contributed by atoms with van der Waals surface area (Å²) in [6, 6.07) is -0.192. The zero-order valence-corrected chi connectivity index (χ0v) is 12.7. The molecule has 2 atom stereocenters. The minimum Gasteiger partial charge on any atom is -0.340 e. The molecule has 0 aromatic heterocycles. The third-order valence-electron chi connectivity index (χ3n) is 5.44. The molecule has 1 N–H and O–H groups in total. The highest BCUT2D eigenvalue weighted by Crippen LogP contribution is 2.39. The summed E-state index contributed by atoms with van der Waals surface area (Å²) in [5.74, 6) is 1.23. The summed E-state index contributed by atoms with van der Waals surface area (Å²) in [6.45, 7) is 4.64. The molecule has 0 spiro atoms. The fourth-order valence-electron chi connectivity index (χ4n) is 3.77. The Labute approximate surface area is 121 Å². The third kappa shape index (κ3) is 2.33. The van der Waals surface area contributed by atoms with Crippen LogP contribution in [0, 0.1) is 11.8 Å². The van der Waals surface area contributed by atoms with E-state index in [2.05, 4.69) is 5.32 Å². The molecule has 2 aliphatic carbocycles. The number of amides is 2. The second kappa shape index (κ2) is 5.05. The van der Waals surface area contributed by atoms with Gasteiger partial charge in [-0.2, -0.15) is 0 Å². The zero-order chi connectivity index (χ0) is 14.3. The molecule has 3 aliphatic rings. The van der Waals surface area contributed by atoms with E-state index in [1.807, 2.05) is 18.7 Å². The van der Waals surface area contributed by atoms with Crippen LogP contribution in [0.15, 0.2) is 0 Å². The van der Waals surface area contributed by atoms with E-state index in [0.29, 0.717) is 18.3 Å². The Balaban J connectivity index is 1.82. The number of rotatable bonds is 4. The largest absolute Gasteiger partial charge is 0.340 e. The molecule has 1 saturated heterocycles. The van der Waals surface area contributed by atoms with E-state index in [-0.39, 0.29) is 17.9 Å². The van der Waals surface area contributed by atoms with Crippen LogP contribution in [-0.4, -0.2) is 34.8 Å². The Morgan fingerprint density at radius 3 is 2.40 bits per heavy atom. The van der Waals surface area contributed by atoms with Gasteiger partial charge in [-0.15, -0.1) is 0 Å². The Hall–Kier alpha value is -1.06. The average molecular weight is 278 g/mol. The predicted molar refractivity (Wildman–Crippen MR) is 77.0 cm³/mol. The fraction of sp³-hybridized carbons (Fsp3) is 0.875. The van der Waals surface area contributed by atoms with Gasteiger partial charge in [-0.05, 0) is 50.9 Å². The van der Waals surface area contributed by atoms with Gasteiger partial charge in [-0.25, -0.2) is 0 Å². The molecule has 4 heteroatoms. The molecule has 1 aliphatic heterocycles. The quantitative estimate of drug-likeness (QED) is 0.856. The van der Waals surface area contributed by atoms with Gasteiger partial charge in [-0.1, -0.05) is 19.8 Å². The lowest BCUT2D eigenvalue weighted by molar-refractivity contribution is -0.156. The van der Waals surface area contributed by atoms with Crippen LogP contribution >= 0.6 is 0 Å². The Morgan fingerprint density at radius 2 is 1.85 bits per heavy atom. The van der Waals surface area contributed by atoms with Gasteiger partial charge in [0.1, 0.15) is 11.6 Å². The molecule has 2 amide bonds. The van der Waals surface area contributed by atoms with Crippen molar-refractivity contribution in [1.82, 2.24) is 10.2 Å². The minimum atomic E-state index is -0.693. The summed E-state index contributed by atoms with van der Waals surface area (Å²) < 4.78 is 0. The van der Waals surface area contributed by atoms with E-state index in [4.69, 9.17) is 0 Å². The monoisotopic (exact) mass is 278 g/mol. The maximum absolute atomic E-state index is 12.9. The van der Waals surface area contributed by atoms with Gasteiger partial charge in [0, 0.05) is 6.54 Å². The average Bonchev–Trinajstić information content (AvgIpc) is 3.12. The SMILES string of the molecule is CCC1(C)NC(=O)C(C2CC2)N(CC2CCCC2)C1=O. The molecular weight excluding hydrogens is 252 g/mol. The van der Waals surface area contributed by atoms with Gasteiger partial charge in [0.05, 0.1) is 0 Å². The fourth-order valence-corrected chi connectivity index (χ4v) is 3.77. The van der Waals surface area contributed by atoms with E-state index >= 15 is 0 Å². The first-order valence-corrected chi connectivity index (χ1v) is 8.18. The molecule has 20 heavy (non-hydrogen) atoms. The summed E-state index contributed by atoms with van der Waals surface area (Å²) in [7, 11) is 0. The molecule has 0 radical (unpaired) electrons. The predicted octanol–water partition coefficient (Wildman–Crippen LogP) is 2.08. The maximum atomic E-state index is 12.9. The van der Waals surface area contributed by atoms with Gasteiger partial charge < -0.3 is 10.2 Å². The number of piperazine rings is 1. The maximum Gasteiger partial charge on any atom is 0.248 e. The van der Waals surface area contributed by atoms with Gasteiger partial charge in [0.15, 0.2) is 0 Å². The lowest BCUT2D eigenvalue weighted by atomic mass is 9.89. The van der Waals surface area contributed by atoms with E-state index in [1.54, 1.807) is 0 Å². The summed E-state index contributed by atoms with van der Waals surface area (Å²) in [6.07, 6.45) is 7.83. The molecule has 4 nitrogen and oxygen atoms in total. The third-order valence-corrected chi connectivity index (χ3v) is 5.44. The van der Waals surface area contributed by atoms with Crippen LogP contribution in [0.5, 0.6) is 0 Å². The molecule has 2 saturated carbocycles. The van der Waals surface area contributed by atoms with E-state index in [1.165, 1.54) is 25.7 Å². The second-order valence-electron chi connectivity index (χ2n) is 7.07. The summed E-state index contributed by atoms with van der Waals surface area (Å²) in [5, 5.41) is 2.99. The molecule has 112 valence electrons. The van der Waals surface area contributed by atoms with Gasteiger partial charge in [0.25, 0.3) is 0 Å². The van der Waals surface area contributed by atoms with Crippen LogP contribution in [0.1, 0.15) is 58.8 Å². The first-order valence-electron chi connectivity index (χ1n) is 8.18. The number of nitrogens with one attached hydrogen (secondary N) is 1. The van der Waals surface area contributed by atoms with Crippen molar-refractivity contribution in [2.24, 2.45) is 11.8 Å². The smallest absolute Gasteiger partial charge is 0.248 e. The van der Waals surface area contributed by atoms with Crippen LogP contribution in [-0.2, 0) is 9.59 Å². The molecule has 1 heterocycles. The summed E-state index contributed by atoms with van der Waals surface area (Å²) in [5.41, 5.74) is -0.693. The lowest BCUT2D eigenvalue weighted by Crippen LogP contribution is -2.70. The highest BCUT2D eigenvalue weighted by Gasteiger charge is 2.52. The Bertz CT molecular complexity index is 413. The minimum absolute atomic E-state index is 0.0782. The van der Waals surface area contributed by atoms with E-state index in [9.17, 15) is 9.59 Å². The number of nitrogens with zero attached hydrogens (tertiary/aromatic N) is 1. The molecule has 2 unspecified atom stereocenters. The van der Waals surface area contributed by atoms with Crippen molar-refractivity contribution in [3.63, 3.8) is 0 Å². The molecule has 0 bridgehead atoms. The van der Waals surface area contributed by atoms with Crippen molar-refractivity contribution < 1.29 is 9.59 Å². The van der Waals surface area contributed by atoms with Crippen molar-refractivity contribution in [2.45, 2.75) is 70.4 Å². The number of carbonyl (C=O) groups is 2. The van der Waals surface area contributed by atoms with Crippen molar-refractivity contribution in [1.29, 1.82) is 0 Å². The van der Waals surface area contributed by atoms with Crippen LogP contribution in [0.3, 0.4) is 0 Å². The van der Waals surface area contributed by atoms with Crippen molar-refractivity contribution in [2.75, 3.05) is 6.54 Å². The number of hydrogen-bond acceptors (Lipinski definition) is 2. The highest BCUT2D eigenvalue weighted by atomic mass is 16.2. The molecule has 3 rings (SSSR count). The second-order valence-corrected chi connectivity index (χ2v) is 7.07. The van der Waals surface area contributed by atoms with Gasteiger partial charge >= 0.3 is 0 Å². The van der Waals surface area contributed by atoms with Crippen molar-refractivity contribution in [3.05, 3.63) is 0 Å². The summed E-state index contributed by atoms with van der Waals surface area (Å²) >= 11 is 0. The Morgan fingerprint density at radius 1 is 1.20 bits per heavy atom. The van der Waals surface area contributed by atoms with E-state index < -0.39 is 5.54 Å². The highest BCUT2D eigenvalue weighted by molar-refractivity contribution is 5.99. The first kappa shape index (κ1) is 13.9. The van der Waals surface area contributed by atoms with Crippen LogP contribution in [0.2, 0.25) is 0 Å².